The van der Waals surface area contributed by atoms with Crippen molar-refractivity contribution in [1.29, 1.82) is 0 Å². The first-order valence-electron chi connectivity index (χ1n) is 4.96. The van der Waals surface area contributed by atoms with E-state index in [9.17, 15) is 0 Å². The lowest BCUT2D eigenvalue weighted by atomic mass is 10.5. The van der Waals surface area contributed by atoms with Crippen molar-refractivity contribution >= 4 is 86.7 Å². The van der Waals surface area contributed by atoms with Crippen molar-refractivity contribution in [1.82, 2.24) is 0 Å². The van der Waals surface area contributed by atoms with Crippen LogP contribution in [0.3, 0.4) is 0 Å². The van der Waals surface area contributed by atoms with E-state index in [1.165, 1.54) is 5.75 Å². The van der Waals surface area contributed by atoms with Crippen molar-refractivity contribution in [3.8, 4) is 0 Å². The summed E-state index contributed by atoms with van der Waals surface area (Å²) in [5.41, 5.74) is 0. The quantitative estimate of drug-likeness (QED) is 0.255. The summed E-state index contributed by atoms with van der Waals surface area (Å²) in [4.78, 5) is 0. The summed E-state index contributed by atoms with van der Waals surface area (Å²) in [5, 5.41) is 0.686. The van der Waals surface area contributed by atoms with Gasteiger partial charge in [-0.3, -0.25) is 0 Å². The number of rotatable bonds is 8. The zero-order chi connectivity index (χ0) is 12.8. The van der Waals surface area contributed by atoms with Gasteiger partial charge >= 0.3 is 0 Å². The molecular weight excluding hydrogens is 333 g/mol. The van der Waals surface area contributed by atoms with E-state index in [4.69, 9.17) is 0 Å². The lowest BCUT2D eigenvalue weighted by Crippen LogP contribution is -2.10. The molecule has 0 rings (SSSR count). The highest BCUT2D eigenvalue weighted by molar-refractivity contribution is 8.04. The third-order valence-electron chi connectivity index (χ3n) is 1.19. The maximum Gasteiger partial charge on any atom is 0.0414 e. The predicted octanol–water partition coefficient (Wildman–Crippen LogP) is 3.80. The molecule has 0 aliphatic carbocycles. The standard InChI is InChI=1S/C7H16S5.C2H6S2/c8-1-3-11-6-7(5-10)12-4-2-9;1-2(3)4/h7-10H,1-6H2;2-4H,1H3. The van der Waals surface area contributed by atoms with Crippen LogP contribution in [0, 0.1) is 0 Å². The molecule has 0 aromatic carbocycles. The summed E-state index contributed by atoms with van der Waals surface area (Å²) < 4.78 is 0.222. The van der Waals surface area contributed by atoms with E-state index in [1.807, 2.05) is 30.4 Å². The van der Waals surface area contributed by atoms with Gasteiger partial charge in [-0.2, -0.15) is 86.7 Å². The second kappa shape index (κ2) is 17.4. The molecule has 0 aromatic rings. The number of thiol groups is 5. The molecule has 16 heavy (non-hydrogen) atoms. The SMILES string of the molecule is CC(S)S.SCCSCC(CS)SCCS. The fraction of sp³-hybridized carbons (Fsp3) is 1.00. The second-order valence-corrected chi connectivity index (χ2v) is 8.60. The molecule has 0 radical (unpaired) electrons. The van der Waals surface area contributed by atoms with E-state index in [2.05, 4.69) is 63.1 Å². The van der Waals surface area contributed by atoms with E-state index >= 15 is 0 Å². The highest BCUT2D eigenvalue weighted by Gasteiger charge is 2.05. The lowest BCUT2D eigenvalue weighted by molar-refractivity contribution is 1.15. The van der Waals surface area contributed by atoms with Crippen LogP contribution in [0.4, 0.5) is 0 Å². The third-order valence-corrected chi connectivity index (χ3v) is 5.51. The predicted molar refractivity (Wildman–Crippen MR) is 103 cm³/mol. The molecule has 0 aromatic heterocycles. The maximum atomic E-state index is 4.31. The Bertz CT molecular complexity index is 118. The van der Waals surface area contributed by atoms with Crippen molar-refractivity contribution in [2.75, 3.05) is 34.5 Å². The smallest absolute Gasteiger partial charge is 0.0414 e. The molecule has 7 heteroatoms. The van der Waals surface area contributed by atoms with Gasteiger partial charge in [0, 0.05) is 32.8 Å². The van der Waals surface area contributed by atoms with Crippen LogP contribution in [-0.4, -0.2) is 44.3 Å². The minimum Gasteiger partial charge on any atom is -0.179 e. The molecule has 0 saturated carbocycles. The number of hydrogen-bond donors (Lipinski definition) is 5. The third kappa shape index (κ3) is 21.7. The Morgan fingerprint density at radius 3 is 1.88 bits per heavy atom. The zero-order valence-corrected chi connectivity index (χ0v) is 15.6. The topological polar surface area (TPSA) is 0 Å². The Labute approximate surface area is 137 Å². The molecule has 0 N–H and O–H groups in total. The van der Waals surface area contributed by atoms with Crippen molar-refractivity contribution in [2.45, 2.75) is 16.8 Å². The molecule has 1 atom stereocenters. The van der Waals surface area contributed by atoms with Crippen LogP contribution in [-0.2, 0) is 0 Å². The molecule has 0 amide bonds. The molecule has 0 spiro atoms. The number of thioether (sulfide) groups is 2. The highest BCUT2D eigenvalue weighted by Crippen LogP contribution is 2.18. The van der Waals surface area contributed by atoms with Gasteiger partial charge < -0.3 is 0 Å². The van der Waals surface area contributed by atoms with Crippen LogP contribution in [0.25, 0.3) is 0 Å². The van der Waals surface area contributed by atoms with Crippen LogP contribution in [0.1, 0.15) is 6.92 Å². The first-order chi connectivity index (χ1) is 7.58. The summed E-state index contributed by atoms with van der Waals surface area (Å²) in [5.74, 6) is 6.39. The Morgan fingerprint density at radius 2 is 1.50 bits per heavy atom. The van der Waals surface area contributed by atoms with Crippen LogP contribution in [0.5, 0.6) is 0 Å². The van der Waals surface area contributed by atoms with Gasteiger partial charge in [-0.1, -0.05) is 0 Å². The van der Waals surface area contributed by atoms with Gasteiger partial charge in [-0.05, 0) is 18.4 Å². The summed E-state index contributed by atoms with van der Waals surface area (Å²) in [6, 6.07) is 0. The van der Waals surface area contributed by atoms with Crippen LogP contribution in [0.2, 0.25) is 0 Å². The van der Waals surface area contributed by atoms with E-state index < -0.39 is 0 Å². The van der Waals surface area contributed by atoms with E-state index in [0.717, 1.165) is 28.8 Å². The monoisotopic (exact) mass is 354 g/mol. The lowest BCUT2D eigenvalue weighted by Gasteiger charge is -2.12. The van der Waals surface area contributed by atoms with E-state index in [-0.39, 0.29) is 4.58 Å². The average molecular weight is 355 g/mol. The summed E-state index contributed by atoms with van der Waals surface area (Å²) in [6.07, 6.45) is 0. The average Bonchev–Trinajstić information content (AvgIpc) is 2.22. The molecule has 100 valence electrons. The maximum absolute atomic E-state index is 4.31. The minimum atomic E-state index is 0.222. The molecule has 0 heterocycles. The van der Waals surface area contributed by atoms with Crippen LogP contribution < -0.4 is 0 Å². The summed E-state index contributed by atoms with van der Waals surface area (Å²) in [6.45, 7) is 1.90. The molecule has 0 bridgehead atoms. The molecule has 0 aliphatic rings. The first kappa shape index (κ1) is 20.8. The highest BCUT2D eigenvalue weighted by atomic mass is 32.2. The fourth-order valence-corrected chi connectivity index (χ4v) is 3.87. The van der Waals surface area contributed by atoms with Gasteiger partial charge in [0.2, 0.25) is 0 Å². The Hall–Kier alpha value is 2.45. The van der Waals surface area contributed by atoms with E-state index in [0.29, 0.717) is 5.25 Å². The Kier molecular flexibility index (Phi) is 22.6. The van der Waals surface area contributed by atoms with E-state index in [1.54, 1.807) is 0 Å². The largest absolute Gasteiger partial charge is 0.179 e. The van der Waals surface area contributed by atoms with Gasteiger partial charge in [0.05, 0.1) is 0 Å². The summed E-state index contributed by atoms with van der Waals surface area (Å²) >= 11 is 24.3. The van der Waals surface area contributed by atoms with Crippen LogP contribution >= 0.6 is 86.7 Å². The van der Waals surface area contributed by atoms with Gasteiger partial charge in [-0.15, -0.1) is 0 Å². The Morgan fingerprint density at radius 1 is 1.00 bits per heavy atom. The fourth-order valence-electron chi connectivity index (χ4n) is 0.652. The molecule has 0 aliphatic heterocycles. The van der Waals surface area contributed by atoms with Gasteiger partial charge in [0.1, 0.15) is 0 Å². The molecule has 0 nitrogen and oxygen atoms in total. The molecule has 0 saturated heterocycles. The van der Waals surface area contributed by atoms with Crippen molar-refractivity contribution < 1.29 is 0 Å². The molecule has 0 fully saturated rings. The van der Waals surface area contributed by atoms with Crippen LogP contribution in [0.15, 0.2) is 0 Å². The molecule has 1 unspecified atom stereocenters. The zero-order valence-electron chi connectivity index (χ0n) is 9.45. The minimum absolute atomic E-state index is 0.222. The second-order valence-electron chi connectivity index (χ2n) is 2.83. The van der Waals surface area contributed by atoms with Gasteiger partial charge in [0.15, 0.2) is 0 Å². The van der Waals surface area contributed by atoms with Crippen molar-refractivity contribution in [2.24, 2.45) is 0 Å². The van der Waals surface area contributed by atoms with Crippen molar-refractivity contribution in [3.63, 3.8) is 0 Å². The van der Waals surface area contributed by atoms with Crippen molar-refractivity contribution in [3.05, 3.63) is 0 Å². The number of hydrogen-bond acceptors (Lipinski definition) is 7. The summed E-state index contributed by atoms with van der Waals surface area (Å²) in [7, 11) is 0. The normalized spacial score (nSPS) is 12.2. The van der Waals surface area contributed by atoms with Gasteiger partial charge in [0.25, 0.3) is 0 Å². The molecular formula is C9H22S7. The Balaban J connectivity index is 0. The van der Waals surface area contributed by atoms with Gasteiger partial charge in [-0.25, -0.2) is 0 Å². The first-order valence-corrected chi connectivity index (χ1v) is 10.1.